The van der Waals surface area contributed by atoms with Crippen LogP contribution in [0.25, 0.3) is 10.7 Å². The number of pyridine rings is 1. The van der Waals surface area contributed by atoms with E-state index in [1.165, 1.54) is 11.3 Å². The van der Waals surface area contributed by atoms with Crippen LogP contribution in [0.1, 0.15) is 16.1 Å². The third-order valence-electron chi connectivity index (χ3n) is 3.11. The molecule has 5 nitrogen and oxygen atoms in total. The van der Waals surface area contributed by atoms with Crippen molar-refractivity contribution in [1.29, 1.82) is 0 Å². The molecule has 0 spiro atoms. The largest absolute Gasteiger partial charge is 0.336 e. The number of hydrogen-bond acceptors (Lipinski definition) is 5. The van der Waals surface area contributed by atoms with Crippen LogP contribution in [0.2, 0.25) is 0 Å². The summed E-state index contributed by atoms with van der Waals surface area (Å²) >= 11 is 1.38. The second-order valence-corrected chi connectivity index (χ2v) is 5.58. The van der Waals surface area contributed by atoms with Crippen LogP contribution in [0.3, 0.4) is 0 Å². The van der Waals surface area contributed by atoms with E-state index in [-0.39, 0.29) is 36.8 Å². The SMILES string of the molecule is Cl.Cl.N[C@@H]1CCN(C(=O)c2cnc(-c3ccccn3)s2)C1. The van der Waals surface area contributed by atoms with Gasteiger partial charge in [-0.05, 0) is 18.6 Å². The van der Waals surface area contributed by atoms with E-state index in [0.29, 0.717) is 11.4 Å². The van der Waals surface area contributed by atoms with E-state index in [1.54, 1.807) is 17.3 Å². The molecule has 0 unspecified atom stereocenters. The van der Waals surface area contributed by atoms with Crippen molar-refractivity contribution in [3.05, 3.63) is 35.5 Å². The van der Waals surface area contributed by atoms with Crippen LogP contribution in [0.4, 0.5) is 0 Å². The van der Waals surface area contributed by atoms with Crippen molar-refractivity contribution in [1.82, 2.24) is 14.9 Å². The summed E-state index contributed by atoms with van der Waals surface area (Å²) in [6.45, 7) is 1.37. The van der Waals surface area contributed by atoms with E-state index in [4.69, 9.17) is 5.73 Å². The van der Waals surface area contributed by atoms with E-state index in [0.717, 1.165) is 23.7 Å². The summed E-state index contributed by atoms with van der Waals surface area (Å²) in [5.41, 5.74) is 6.62. The standard InChI is InChI=1S/C13H14N4OS.2ClH/c14-9-4-6-17(8-9)13(18)11-7-16-12(19-11)10-3-1-2-5-15-10;;/h1-3,5,7,9H,4,6,8,14H2;2*1H/t9-;;/m1../s1. The van der Waals surface area contributed by atoms with Crippen LogP contribution in [-0.2, 0) is 0 Å². The number of amides is 1. The minimum absolute atomic E-state index is 0. The van der Waals surface area contributed by atoms with Crippen LogP contribution in [0.15, 0.2) is 30.6 Å². The minimum atomic E-state index is 0. The zero-order valence-corrected chi connectivity index (χ0v) is 13.6. The van der Waals surface area contributed by atoms with Crippen molar-refractivity contribution in [2.24, 2.45) is 5.73 Å². The number of halogens is 2. The zero-order valence-electron chi connectivity index (χ0n) is 11.1. The van der Waals surface area contributed by atoms with Crippen molar-refractivity contribution in [3.63, 3.8) is 0 Å². The Bertz CT molecular complexity index is 593. The Hall–Kier alpha value is -1.21. The quantitative estimate of drug-likeness (QED) is 0.904. The van der Waals surface area contributed by atoms with Crippen molar-refractivity contribution < 1.29 is 4.79 Å². The lowest BCUT2D eigenvalue weighted by molar-refractivity contribution is 0.0795. The molecule has 21 heavy (non-hydrogen) atoms. The number of aromatic nitrogens is 2. The van der Waals surface area contributed by atoms with Gasteiger partial charge in [-0.25, -0.2) is 4.98 Å². The normalized spacial score (nSPS) is 17.0. The number of nitrogens with zero attached hydrogens (tertiary/aromatic N) is 3. The predicted molar refractivity (Wildman–Crippen MR) is 88.3 cm³/mol. The molecule has 2 N–H and O–H groups in total. The molecule has 1 atom stereocenters. The van der Waals surface area contributed by atoms with E-state index in [9.17, 15) is 4.79 Å². The maximum absolute atomic E-state index is 12.3. The smallest absolute Gasteiger partial charge is 0.265 e. The van der Waals surface area contributed by atoms with Gasteiger partial charge in [0.1, 0.15) is 9.88 Å². The highest BCUT2D eigenvalue weighted by molar-refractivity contribution is 7.16. The molecule has 1 amide bonds. The fourth-order valence-corrected chi connectivity index (χ4v) is 2.97. The lowest BCUT2D eigenvalue weighted by Gasteiger charge is -2.13. The maximum atomic E-state index is 12.3. The molecule has 114 valence electrons. The molecule has 1 aliphatic heterocycles. The number of thiazole rings is 1. The van der Waals surface area contributed by atoms with E-state index < -0.39 is 0 Å². The van der Waals surface area contributed by atoms with E-state index >= 15 is 0 Å². The van der Waals surface area contributed by atoms with Crippen LogP contribution < -0.4 is 5.73 Å². The summed E-state index contributed by atoms with van der Waals surface area (Å²) in [7, 11) is 0. The Balaban J connectivity index is 0.00000110. The van der Waals surface area contributed by atoms with Crippen molar-refractivity contribution in [2.45, 2.75) is 12.5 Å². The van der Waals surface area contributed by atoms with E-state index in [1.807, 2.05) is 18.2 Å². The summed E-state index contributed by atoms with van der Waals surface area (Å²) < 4.78 is 0. The summed E-state index contributed by atoms with van der Waals surface area (Å²) in [5.74, 6) is 0.0210. The zero-order chi connectivity index (χ0) is 13.2. The monoisotopic (exact) mass is 346 g/mol. The van der Waals surface area contributed by atoms with Gasteiger partial charge in [0.25, 0.3) is 5.91 Å². The molecule has 2 aromatic heterocycles. The van der Waals surface area contributed by atoms with Gasteiger partial charge in [0, 0.05) is 25.3 Å². The van der Waals surface area contributed by atoms with Crippen molar-refractivity contribution in [3.8, 4) is 10.7 Å². The Labute approximate surface area is 139 Å². The molecular formula is C13H16Cl2N4OS. The minimum Gasteiger partial charge on any atom is -0.336 e. The van der Waals surface area contributed by atoms with Gasteiger partial charge in [-0.3, -0.25) is 9.78 Å². The van der Waals surface area contributed by atoms with Gasteiger partial charge in [-0.2, -0.15) is 0 Å². The fraction of sp³-hybridized carbons (Fsp3) is 0.308. The first-order chi connectivity index (χ1) is 9.24. The van der Waals surface area contributed by atoms with Gasteiger partial charge in [-0.1, -0.05) is 6.07 Å². The Morgan fingerprint density at radius 1 is 1.33 bits per heavy atom. The lowest BCUT2D eigenvalue weighted by atomic mass is 10.3. The lowest BCUT2D eigenvalue weighted by Crippen LogP contribution is -2.31. The van der Waals surface area contributed by atoms with Gasteiger partial charge < -0.3 is 10.6 Å². The van der Waals surface area contributed by atoms with Crippen LogP contribution in [0.5, 0.6) is 0 Å². The van der Waals surface area contributed by atoms with Gasteiger partial charge >= 0.3 is 0 Å². The van der Waals surface area contributed by atoms with Crippen LogP contribution in [0, 0.1) is 0 Å². The highest BCUT2D eigenvalue weighted by Crippen LogP contribution is 2.25. The number of nitrogens with two attached hydrogens (primary N) is 1. The Kier molecular flexibility index (Phi) is 6.54. The molecule has 0 saturated carbocycles. The third-order valence-corrected chi connectivity index (χ3v) is 4.12. The Morgan fingerprint density at radius 2 is 2.14 bits per heavy atom. The first kappa shape index (κ1) is 17.8. The summed E-state index contributed by atoms with van der Waals surface area (Å²) in [4.78, 5) is 23.2. The average Bonchev–Trinajstić information content (AvgIpc) is 3.08. The molecule has 3 rings (SSSR count). The first-order valence-corrected chi connectivity index (χ1v) is 6.98. The fourth-order valence-electron chi connectivity index (χ4n) is 2.11. The molecule has 1 saturated heterocycles. The second kappa shape index (κ2) is 7.70. The molecule has 8 heteroatoms. The van der Waals surface area contributed by atoms with Crippen LogP contribution >= 0.6 is 36.2 Å². The number of carbonyl (C=O) groups excluding carboxylic acids is 1. The first-order valence-electron chi connectivity index (χ1n) is 6.16. The molecule has 0 aliphatic carbocycles. The molecule has 1 aliphatic rings. The number of rotatable bonds is 2. The highest BCUT2D eigenvalue weighted by atomic mass is 35.5. The number of likely N-dealkylation sites (tertiary alicyclic amines) is 1. The highest BCUT2D eigenvalue weighted by Gasteiger charge is 2.26. The van der Waals surface area contributed by atoms with Crippen molar-refractivity contribution >= 4 is 42.1 Å². The molecule has 2 aromatic rings. The third kappa shape index (κ3) is 3.91. The molecule has 1 fully saturated rings. The number of carbonyl (C=O) groups is 1. The molecule has 0 radical (unpaired) electrons. The van der Waals surface area contributed by atoms with Gasteiger partial charge in [0.15, 0.2) is 0 Å². The second-order valence-electron chi connectivity index (χ2n) is 4.54. The topological polar surface area (TPSA) is 72.1 Å². The van der Waals surface area contributed by atoms with Crippen LogP contribution in [-0.4, -0.2) is 39.9 Å². The summed E-state index contributed by atoms with van der Waals surface area (Å²) in [6.07, 6.45) is 4.22. The maximum Gasteiger partial charge on any atom is 0.265 e. The number of hydrogen-bond donors (Lipinski definition) is 1. The summed E-state index contributed by atoms with van der Waals surface area (Å²) in [5, 5.41) is 0.771. The molecule has 0 aromatic carbocycles. The predicted octanol–water partition coefficient (Wildman–Crippen LogP) is 2.22. The van der Waals surface area contributed by atoms with Crippen molar-refractivity contribution in [2.75, 3.05) is 13.1 Å². The molecular weight excluding hydrogens is 331 g/mol. The molecule has 3 heterocycles. The average molecular weight is 347 g/mol. The van der Waals surface area contributed by atoms with E-state index in [2.05, 4.69) is 9.97 Å². The molecule has 0 bridgehead atoms. The summed E-state index contributed by atoms with van der Waals surface area (Å²) in [6, 6.07) is 5.75. The van der Waals surface area contributed by atoms with Gasteiger partial charge in [0.05, 0.1) is 11.9 Å². The Morgan fingerprint density at radius 3 is 2.76 bits per heavy atom. The van der Waals surface area contributed by atoms with Gasteiger partial charge in [0.2, 0.25) is 0 Å². The van der Waals surface area contributed by atoms with Gasteiger partial charge in [-0.15, -0.1) is 36.2 Å².